The van der Waals surface area contributed by atoms with Gasteiger partial charge in [-0.05, 0) is 6.92 Å². The number of alkyl halides is 2. The van der Waals surface area contributed by atoms with E-state index >= 15 is 0 Å². The Kier molecular flexibility index (Phi) is 1.78. The molecule has 0 saturated carbocycles. The predicted molar refractivity (Wildman–Crippen MR) is 34.7 cm³/mol. The molecule has 0 aromatic carbocycles. The van der Waals surface area contributed by atoms with Crippen molar-refractivity contribution in [1.29, 1.82) is 0 Å². The Morgan fingerprint density at radius 2 is 1.82 bits per heavy atom. The molecule has 0 fully saturated rings. The summed E-state index contributed by atoms with van der Waals surface area (Å²) in [6, 6.07) is 0. The smallest absolute Gasteiger partial charge is 0.401 e. The van der Waals surface area contributed by atoms with Crippen molar-refractivity contribution in [2.24, 2.45) is 5.92 Å². The molecule has 1 rings (SSSR count). The maximum Gasteiger partial charge on any atom is 0.585 e. The number of halogens is 2. The van der Waals surface area contributed by atoms with E-state index in [0.717, 1.165) is 0 Å². The molecule has 0 atom stereocenters. The summed E-state index contributed by atoms with van der Waals surface area (Å²) in [6.45, 7) is 5.00. The van der Waals surface area contributed by atoms with Gasteiger partial charge in [-0.3, -0.25) is 0 Å². The van der Waals surface area contributed by atoms with E-state index < -0.39 is 6.29 Å². The second kappa shape index (κ2) is 2.36. The Balaban J connectivity index is 2.75. The average Bonchev–Trinajstić information content (AvgIpc) is 2.05. The molecule has 2 nitrogen and oxygen atoms in total. The summed E-state index contributed by atoms with van der Waals surface area (Å²) in [6.07, 6.45) is -3.45. The molecular weight excluding hydrogens is 154 g/mol. The van der Waals surface area contributed by atoms with Gasteiger partial charge < -0.3 is 9.47 Å². The maximum atomic E-state index is 12.3. The number of ether oxygens (including phenoxy) is 2. The van der Waals surface area contributed by atoms with Crippen molar-refractivity contribution in [2.45, 2.75) is 27.1 Å². The van der Waals surface area contributed by atoms with Crippen LogP contribution in [0.25, 0.3) is 0 Å². The van der Waals surface area contributed by atoms with Crippen LogP contribution in [0.1, 0.15) is 20.8 Å². The van der Waals surface area contributed by atoms with Crippen molar-refractivity contribution >= 4 is 0 Å². The number of rotatable bonds is 1. The summed E-state index contributed by atoms with van der Waals surface area (Å²) in [7, 11) is 0. The molecule has 0 amide bonds. The summed E-state index contributed by atoms with van der Waals surface area (Å²) in [5.74, 6) is 0.336. The van der Waals surface area contributed by atoms with E-state index in [2.05, 4.69) is 9.47 Å². The molecule has 4 heteroatoms. The molecule has 0 spiro atoms. The van der Waals surface area contributed by atoms with Gasteiger partial charge >= 0.3 is 6.29 Å². The molecule has 0 unspecified atom stereocenters. The minimum absolute atomic E-state index is 0.0663. The third-order valence-electron chi connectivity index (χ3n) is 1.37. The van der Waals surface area contributed by atoms with Gasteiger partial charge in [0, 0.05) is 5.92 Å². The second-order valence-electron chi connectivity index (χ2n) is 2.74. The fourth-order valence-corrected chi connectivity index (χ4v) is 0.974. The lowest BCUT2D eigenvalue weighted by molar-refractivity contribution is -0.338. The zero-order valence-electron chi connectivity index (χ0n) is 6.65. The fourth-order valence-electron chi connectivity index (χ4n) is 0.974. The van der Waals surface area contributed by atoms with Crippen molar-refractivity contribution in [3.8, 4) is 0 Å². The number of hydrogen-bond donors (Lipinski definition) is 0. The van der Waals surface area contributed by atoms with E-state index in [4.69, 9.17) is 0 Å². The summed E-state index contributed by atoms with van der Waals surface area (Å²) < 4.78 is 33.0. The van der Waals surface area contributed by atoms with E-state index in [1.165, 1.54) is 6.92 Å². The first-order valence-electron chi connectivity index (χ1n) is 3.39. The van der Waals surface area contributed by atoms with Gasteiger partial charge in [0.2, 0.25) is 0 Å². The molecule has 0 aromatic heterocycles. The van der Waals surface area contributed by atoms with Crippen LogP contribution in [0.3, 0.4) is 0 Å². The van der Waals surface area contributed by atoms with Crippen LogP contribution in [-0.4, -0.2) is 6.29 Å². The summed E-state index contributed by atoms with van der Waals surface area (Å²) >= 11 is 0. The van der Waals surface area contributed by atoms with Crippen molar-refractivity contribution < 1.29 is 18.3 Å². The van der Waals surface area contributed by atoms with E-state index in [9.17, 15) is 8.78 Å². The molecule has 0 saturated heterocycles. The molecule has 1 aliphatic heterocycles. The highest BCUT2D eigenvalue weighted by Crippen LogP contribution is 2.36. The van der Waals surface area contributed by atoms with Crippen LogP contribution >= 0.6 is 0 Å². The van der Waals surface area contributed by atoms with Crippen LogP contribution in [0.2, 0.25) is 0 Å². The molecule has 1 heterocycles. The molecule has 11 heavy (non-hydrogen) atoms. The number of allylic oxidation sites excluding steroid dienone is 2. The van der Waals surface area contributed by atoms with E-state index in [0.29, 0.717) is 0 Å². The van der Waals surface area contributed by atoms with Gasteiger partial charge in [-0.1, -0.05) is 13.8 Å². The summed E-state index contributed by atoms with van der Waals surface area (Å²) in [4.78, 5) is 0. The van der Waals surface area contributed by atoms with Crippen LogP contribution in [0, 0.1) is 5.92 Å². The molecule has 0 aromatic rings. The van der Waals surface area contributed by atoms with Gasteiger partial charge in [0.25, 0.3) is 0 Å². The topological polar surface area (TPSA) is 18.5 Å². The Hall–Kier alpha value is -0.800. The molecule has 0 bridgehead atoms. The SMILES string of the molecule is CC1=C(C(C)C)OC(F)(F)O1. The first kappa shape index (κ1) is 8.30. The van der Waals surface area contributed by atoms with Crippen LogP contribution in [-0.2, 0) is 9.47 Å². The van der Waals surface area contributed by atoms with Crippen LogP contribution in [0.4, 0.5) is 8.78 Å². The molecule has 0 N–H and O–H groups in total. The summed E-state index contributed by atoms with van der Waals surface area (Å²) in [5.41, 5.74) is 0. The van der Waals surface area contributed by atoms with Crippen molar-refractivity contribution in [1.82, 2.24) is 0 Å². The largest absolute Gasteiger partial charge is 0.585 e. The highest BCUT2D eigenvalue weighted by molar-refractivity contribution is 5.05. The second-order valence-corrected chi connectivity index (χ2v) is 2.74. The summed E-state index contributed by atoms with van der Waals surface area (Å²) in [5, 5.41) is 0. The van der Waals surface area contributed by atoms with Crippen LogP contribution < -0.4 is 0 Å². The van der Waals surface area contributed by atoms with Gasteiger partial charge in [-0.2, -0.15) is 0 Å². The number of hydrogen-bond acceptors (Lipinski definition) is 2. The van der Waals surface area contributed by atoms with E-state index in [-0.39, 0.29) is 17.4 Å². The van der Waals surface area contributed by atoms with Crippen LogP contribution in [0.15, 0.2) is 11.5 Å². The van der Waals surface area contributed by atoms with Crippen LogP contribution in [0.5, 0.6) is 0 Å². The van der Waals surface area contributed by atoms with Gasteiger partial charge in [-0.25, -0.2) is 0 Å². The van der Waals surface area contributed by atoms with E-state index in [1.54, 1.807) is 13.8 Å². The zero-order chi connectivity index (χ0) is 8.65. The lowest BCUT2D eigenvalue weighted by atomic mass is 10.1. The average molecular weight is 164 g/mol. The van der Waals surface area contributed by atoms with E-state index in [1.807, 2.05) is 0 Å². The van der Waals surface area contributed by atoms with Gasteiger partial charge in [0.05, 0.1) is 0 Å². The highest BCUT2D eigenvalue weighted by atomic mass is 19.3. The van der Waals surface area contributed by atoms with Gasteiger partial charge in [0.1, 0.15) is 11.5 Å². The standard InChI is InChI=1S/C7H10F2O2/c1-4(2)6-5(3)10-7(8,9)11-6/h4H,1-3H3. The Labute approximate surface area is 63.8 Å². The quantitative estimate of drug-likeness (QED) is 0.592. The molecule has 64 valence electrons. The van der Waals surface area contributed by atoms with Gasteiger partial charge in [0.15, 0.2) is 0 Å². The lowest BCUT2D eigenvalue weighted by Gasteiger charge is -2.09. The fraction of sp³-hybridized carbons (Fsp3) is 0.714. The Morgan fingerprint density at radius 3 is 2.00 bits per heavy atom. The highest BCUT2D eigenvalue weighted by Gasteiger charge is 2.43. The minimum Gasteiger partial charge on any atom is -0.401 e. The third-order valence-corrected chi connectivity index (χ3v) is 1.37. The first-order valence-corrected chi connectivity index (χ1v) is 3.39. The Morgan fingerprint density at radius 1 is 1.27 bits per heavy atom. The monoisotopic (exact) mass is 164 g/mol. The first-order chi connectivity index (χ1) is 4.92. The van der Waals surface area contributed by atoms with Crippen molar-refractivity contribution in [2.75, 3.05) is 0 Å². The molecule has 0 aliphatic carbocycles. The Bertz CT molecular complexity index is 197. The third kappa shape index (κ3) is 1.61. The van der Waals surface area contributed by atoms with Crippen molar-refractivity contribution in [3.63, 3.8) is 0 Å². The minimum atomic E-state index is -3.45. The normalized spacial score (nSPS) is 22.0. The van der Waals surface area contributed by atoms with Gasteiger partial charge in [-0.15, -0.1) is 8.78 Å². The van der Waals surface area contributed by atoms with Crippen molar-refractivity contribution in [3.05, 3.63) is 11.5 Å². The molecule has 0 radical (unpaired) electrons. The predicted octanol–water partition coefficient (Wildman–Crippen LogP) is 2.47. The maximum absolute atomic E-state index is 12.3. The molecule has 1 aliphatic rings. The molecular formula is C7H10F2O2. The lowest BCUT2D eigenvalue weighted by Crippen LogP contribution is -2.17. The zero-order valence-corrected chi connectivity index (χ0v) is 6.65.